The summed E-state index contributed by atoms with van der Waals surface area (Å²) in [6, 6.07) is 4.51. The van der Waals surface area contributed by atoms with Crippen molar-refractivity contribution in [1.82, 2.24) is 20.5 Å². The normalized spacial score (nSPS) is 11.1. The van der Waals surface area contributed by atoms with Gasteiger partial charge in [0.15, 0.2) is 11.1 Å². The quantitative estimate of drug-likeness (QED) is 0.603. The molecule has 8 nitrogen and oxygen atoms in total. The highest BCUT2D eigenvalue weighted by Crippen LogP contribution is 2.16. The Bertz CT molecular complexity index is 1060. The molecule has 0 aliphatic heterocycles. The summed E-state index contributed by atoms with van der Waals surface area (Å²) in [6.45, 7) is 0.567. The SMILES string of the molecule is COCCNC(=O)c1n[nH]c2c(=O)[nH]c3cc(Cl)ccc3c(=O)c12. The van der Waals surface area contributed by atoms with E-state index in [1.165, 1.54) is 25.3 Å². The van der Waals surface area contributed by atoms with E-state index in [4.69, 9.17) is 16.3 Å². The van der Waals surface area contributed by atoms with Crippen molar-refractivity contribution in [3.8, 4) is 0 Å². The van der Waals surface area contributed by atoms with Gasteiger partial charge in [-0.3, -0.25) is 19.5 Å². The molecule has 9 heteroatoms. The second kappa shape index (κ2) is 6.42. The van der Waals surface area contributed by atoms with Crippen LogP contribution in [0.5, 0.6) is 0 Å². The molecule has 0 aliphatic rings. The summed E-state index contributed by atoms with van der Waals surface area (Å²) in [5.74, 6) is -0.567. The van der Waals surface area contributed by atoms with Crippen LogP contribution in [0.2, 0.25) is 5.02 Å². The zero-order valence-corrected chi connectivity index (χ0v) is 13.4. The Balaban J connectivity index is 2.28. The fourth-order valence-corrected chi connectivity index (χ4v) is 2.55. The van der Waals surface area contributed by atoms with Crippen molar-refractivity contribution >= 4 is 39.3 Å². The fourth-order valence-electron chi connectivity index (χ4n) is 2.38. The lowest BCUT2D eigenvalue weighted by Gasteiger charge is -2.01. The maximum absolute atomic E-state index is 12.8. The molecule has 0 saturated carbocycles. The number of carbonyl (C=O) groups excluding carboxylic acids is 1. The Kier molecular flexibility index (Phi) is 4.32. The number of hydrogen-bond acceptors (Lipinski definition) is 5. The van der Waals surface area contributed by atoms with Crippen molar-refractivity contribution in [3.63, 3.8) is 0 Å². The van der Waals surface area contributed by atoms with Gasteiger partial charge in [0.25, 0.3) is 11.5 Å². The number of hydrogen-bond donors (Lipinski definition) is 3. The highest BCUT2D eigenvalue weighted by molar-refractivity contribution is 6.31. The molecule has 2 heterocycles. The number of aromatic nitrogens is 3. The lowest BCUT2D eigenvalue weighted by molar-refractivity contribution is 0.0933. The Labute approximate surface area is 139 Å². The first-order valence-corrected chi connectivity index (χ1v) is 7.42. The molecular weight excluding hydrogens is 336 g/mol. The van der Waals surface area contributed by atoms with Crippen LogP contribution in [0.25, 0.3) is 21.8 Å². The Hall–Kier alpha value is -2.71. The second-order valence-electron chi connectivity index (χ2n) is 5.04. The topological polar surface area (TPSA) is 117 Å². The van der Waals surface area contributed by atoms with Gasteiger partial charge in [-0.25, -0.2) is 0 Å². The third-order valence-electron chi connectivity index (χ3n) is 3.50. The summed E-state index contributed by atoms with van der Waals surface area (Å²) in [5.41, 5.74) is -0.968. The van der Waals surface area contributed by atoms with Crippen LogP contribution in [0, 0.1) is 0 Å². The van der Waals surface area contributed by atoms with Gasteiger partial charge in [-0.05, 0) is 18.2 Å². The number of nitrogens with one attached hydrogen (secondary N) is 3. The zero-order chi connectivity index (χ0) is 17.3. The van der Waals surface area contributed by atoms with Crippen LogP contribution >= 0.6 is 11.6 Å². The first-order valence-electron chi connectivity index (χ1n) is 7.04. The molecule has 0 radical (unpaired) electrons. The molecule has 1 amide bonds. The van der Waals surface area contributed by atoms with Crippen molar-refractivity contribution in [2.24, 2.45) is 0 Å². The van der Waals surface area contributed by atoms with Crippen LogP contribution < -0.4 is 16.3 Å². The molecule has 24 heavy (non-hydrogen) atoms. The number of halogens is 1. The zero-order valence-electron chi connectivity index (χ0n) is 12.6. The first-order chi connectivity index (χ1) is 11.5. The average molecular weight is 349 g/mol. The summed E-state index contributed by atoms with van der Waals surface area (Å²) < 4.78 is 4.85. The second-order valence-corrected chi connectivity index (χ2v) is 5.48. The van der Waals surface area contributed by atoms with Crippen LogP contribution in [0.15, 0.2) is 27.8 Å². The molecule has 0 spiro atoms. The highest BCUT2D eigenvalue weighted by Gasteiger charge is 2.19. The number of ether oxygens (including phenoxy) is 1. The van der Waals surface area contributed by atoms with E-state index in [0.717, 1.165) is 0 Å². The van der Waals surface area contributed by atoms with Gasteiger partial charge in [0.1, 0.15) is 5.52 Å². The number of amides is 1. The number of rotatable bonds is 4. The summed E-state index contributed by atoms with van der Waals surface area (Å²) in [6.07, 6.45) is 0. The smallest absolute Gasteiger partial charge is 0.274 e. The number of carbonyl (C=O) groups is 1. The standard InChI is InChI=1S/C15H13ClN4O4/c1-24-5-4-17-14(22)11-10-12(20-19-11)15(23)18-9-6-7(16)2-3-8(9)13(10)21/h2-3,6H,4-5H2,1H3,(H,17,22)(H,18,23)(H,19,20). The van der Waals surface area contributed by atoms with Crippen LogP contribution in [0.3, 0.4) is 0 Å². The van der Waals surface area contributed by atoms with Gasteiger partial charge >= 0.3 is 0 Å². The lowest BCUT2D eigenvalue weighted by atomic mass is 10.2. The van der Waals surface area contributed by atoms with Gasteiger partial charge in [-0.1, -0.05) is 11.6 Å². The van der Waals surface area contributed by atoms with E-state index in [0.29, 0.717) is 11.6 Å². The summed E-state index contributed by atoms with van der Waals surface area (Å²) in [7, 11) is 1.50. The highest BCUT2D eigenvalue weighted by atomic mass is 35.5. The maximum atomic E-state index is 12.8. The Morgan fingerprint density at radius 2 is 2.17 bits per heavy atom. The molecule has 0 fully saturated rings. The first kappa shape index (κ1) is 16.2. The van der Waals surface area contributed by atoms with E-state index < -0.39 is 16.9 Å². The monoisotopic (exact) mass is 348 g/mol. The number of nitrogens with zero attached hydrogens (tertiary/aromatic N) is 1. The number of aromatic amines is 2. The molecule has 124 valence electrons. The molecule has 3 rings (SSSR count). The van der Waals surface area contributed by atoms with Crippen molar-refractivity contribution in [2.75, 3.05) is 20.3 Å². The van der Waals surface area contributed by atoms with Gasteiger partial charge in [0, 0.05) is 24.1 Å². The van der Waals surface area contributed by atoms with E-state index in [1.807, 2.05) is 0 Å². The van der Waals surface area contributed by atoms with E-state index in [1.54, 1.807) is 0 Å². The average Bonchev–Trinajstić information content (AvgIpc) is 2.96. The van der Waals surface area contributed by atoms with E-state index in [2.05, 4.69) is 20.5 Å². The maximum Gasteiger partial charge on any atom is 0.274 e. The molecular formula is C15H13ClN4O4. The minimum absolute atomic E-state index is 0.0655. The van der Waals surface area contributed by atoms with Gasteiger partial charge in [0.05, 0.1) is 17.5 Å². The number of fused-ring (bicyclic) bond motifs is 2. The molecule has 3 aromatic rings. The molecule has 0 unspecified atom stereocenters. The summed E-state index contributed by atoms with van der Waals surface area (Å²) in [5, 5.41) is 9.40. The van der Waals surface area contributed by atoms with Crippen molar-refractivity contribution in [2.45, 2.75) is 0 Å². The van der Waals surface area contributed by atoms with E-state index >= 15 is 0 Å². The van der Waals surface area contributed by atoms with E-state index in [-0.39, 0.29) is 34.0 Å². The van der Waals surface area contributed by atoms with Crippen LogP contribution in [-0.4, -0.2) is 41.3 Å². The van der Waals surface area contributed by atoms with E-state index in [9.17, 15) is 14.4 Å². The fraction of sp³-hybridized carbons (Fsp3) is 0.200. The van der Waals surface area contributed by atoms with Gasteiger partial charge < -0.3 is 15.0 Å². The largest absolute Gasteiger partial charge is 0.383 e. The summed E-state index contributed by atoms with van der Waals surface area (Å²) in [4.78, 5) is 39.9. The summed E-state index contributed by atoms with van der Waals surface area (Å²) >= 11 is 5.90. The third-order valence-corrected chi connectivity index (χ3v) is 3.74. The number of methoxy groups -OCH3 is 1. The van der Waals surface area contributed by atoms with Gasteiger partial charge in [-0.2, -0.15) is 5.10 Å². The van der Waals surface area contributed by atoms with Gasteiger partial charge in [-0.15, -0.1) is 0 Å². The third kappa shape index (κ3) is 2.77. The molecule has 0 saturated heterocycles. The Morgan fingerprint density at radius 1 is 1.38 bits per heavy atom. The molecule has 0 bridgehead atoms. The van der Waals surface area contributed by atoms with Gasteiger partial charge in [0.2, 0.25) is 0 Å². The van der Waals surface area contributed by atoms with Crippen molar-refractivity contribution in [1.29, 1.82) is 0 Å². The molecule has 0 atom stereocenters. The van der Waals surface area contributed by atoms with Crippen molar-refractivity contribution in [3.05, 3.63) is 49.5 Å². The van der Waals surface area contributed by atoms with Crippen molar-refractivity contribution < 1.29 is 9.53 Å². The van der Waals surface area contributed by atoms with Crippen LogP contribution in [0.4, 0.5) is 0 Å². The molecule has 3 N–H and O–H groups in total. The minimum atomic E-state index is -0.567. The lowest BCUT2D eigenvalue weighted by Crippen LogP contribution is -2.28. The van der Waals surface area contributed by atoms with Crippen LogP contribution in [0.1, 0.15) is 10.5 Å². The predicted octanol–water partition coefficient (Wildman–Crippen LogP) is 0.794. The number of H-pyrrole nitrogens is 2. The Morgan fingerprint density at radius 3 is 2.92 bits per heavy atom. The van der Waals surface area contributed by atoms with Crippen LogP contribution in [-0.2, 0) is 4.74 Å². The number of benzene rings is 1. The minimum Gasteiger partial charge on any atom is -0.383 e. The molecule has 0 aliphatic carbocycles. The molecule has 2 aromatic heterocycles. The molecule has 1 aromatic carbocycles. The predicted molar refractivity (Wildman–Crippen MR) is 89.7 cm³/mol.